The molecule has 0 saturated heterocycles. The smallest absolute Gasteiger partial charge is 0.0138 e. The van der Waals surface area contributed by atoms with E-state index >= 15 is 0 Å². The van der Waals surface area contributed by atoms with E-state index in [-0.39, 0.29) is 0 Å². The van der Waals surface area contributed by atoms with Crippen LogP contribution in [0.15, 0.2) is 0 Å². The molecule has 0 aromatic rings. The van der Waals surface area contributed by atoms with Gasteiger partial charge in [0.15, 0.2) is 0 Å². The number of hydrogen-bond donors (Lipinski definition) is 2. The molecular weight excluding hydrogens is 196 g/mol. The van der Waals surface area contributed by atoms with Crippen LogP contribution < -0.4 is 11.1 Å². The molecule has 2 bridgehead atoms. The first-order valence-electron chi connectivity index (χ1n) is 7.34. The van der Waals surface area contributed by atoms with Gasteiger partial charge in [0.2, 0.25) is 0 Å². The Bertz CT molecular complexity index is 266. The molecular formula is C14H24N2. The first-order valence-corrected chi connectivity index (χ1v) is 7.34. The van der Waals surface area contributed by atoms with Crippen LogP contribution in [0, 0.1) is 23.7 Å². The van der Waals surface area contributed by atoms with Gasteiger partial charge in [-0.15, -0.1) is 0 Å². The van der Waals surface area contributed by atoms with Crippen LogP contribution in [-0.4, -0.2) is 18.1 Å². The lowest BCUT2D eigenvalue weighted by Crippen LogP contribution is -2.40. The summed E-state index contributed by atoms with van der Waals surface area (Å²) in [6, 6.07) is 2.22. The van der Waals surface area contributed by atoms with Gasteiger partial charge in [-0.25, -0.2) is 0 Å². The molecule has 0 aromatic heterocycles. The van der Waals surface area contributed by atoms with E-state index in [0.717, 1.165) is 35.8 Å². The molecule has 0 aromatic carbocycles. The first kappa shape index (κ1) is 9.90. The Hall–Kier alpha value is -0.0800. The Morgan fingerprint density at radius 2 is 1.44 bits per heavy atom. The largest absolute Gasteiger partial charge is 0.328 e. The summed E-state index contributed by atoms with van der Waals surface area (Å²) < 4.78 is 0. The van der Waals surface area contributed by atoms with E-state index in [4.69, 9.17) is 5.73 Å². The SMILES string of the molecule is NC1CCC(NC2C3C4CCC(C4)C23)CC1. The van der Waals surface area contributed by atoms with Crippen LogP contribution in [0.5, 0.6) is 0 Å². The van der Waals surface area contributed by atoms with Crippen LogP contribution in [0.3, 0.4) is 0 Å². The van der Waals surface area contributed by atoms with Crippen molar-refractivity contribution in [3.05, 3.63) is 0 Å². The molecule has 0 radical (unpaired) electrons. The van der Waals surface area contributed by atoms with E-state index in [1.54, 1.807) is 19.3 Å². The van der Waals surface area contributed by atoms with Gasteiger partial charge in [0.05, 0.1) is 0 Å². The van der Waals surface area contributed by atoms with Crippen LogP contribution in [-0.2, 0) is 0 Å². The molecule has 0 heterocycles. The number of rotatable bonds is 2. The molecule has 0 spiro atoms. The second-order valence-corrected chi connectivity index (χ2v) is 6.79. The fourth-order valence-electron chi connectivity index (χ4n) is 5.11. The summed E-state index contributed by atoms with van der Waals surface area (Å²) in [6.45, 7) is 0. The van der Waals surface area contributed by atoms with Crippen molar-refractivity contribution in [1.82, 2.24) is 5.32 Å². The number of fused-ring (bicyclic) bond motifs is 5. The van der Waals surface area contributed by atoms with Gasteiger partial charge in [-0.1, -0.05) is 0 Å². The maximum Gasteiger partial charge on any atom is 0.0138 e. The molecule has 0 aliphatic heterocycles. The fourth-order valence-corrected chi connectivity index (χ4v) is 5.11. The zero-order valence-corrected chi connectivity index (χ0v) is 10.1. The third-order valence-electron chi connectivity index (χ3n) is 5.94. The maximum absolute atomic E-state index is 5.96. The summed E-state index contributed by atoms with van der Waals surface area (Å²) in [7, 11) is 0. The summed E-state index contributed by atoms with van der Waals surface area (Å²) in [4.78, 5) is 0. The van der Waals surface area contributed by atoms with Crippen LogP contribution >= 0.6 is 0 Å². The lowest BCUT2D eigenvalue weighted by Gasteiger charge is -2.28. The van der Waals surface area contributed by atoms with E-state index in [1.807, 2.05) is 0 Å². The third-order valence-corrected chi connectivity index (χ3v) is 5.94. The van der Waals surface area contributed by atoms with Gasteiger partial charge >= 0.3 is 0 Å². The van der Waals surface area contributed by atoms with E-state index in [1.165, 1.54) is 25.7 Å². The van der Waals surface area contributed by atoms with Crippen LogP contribution in [0.1, 0.15) is 44.9 Å². The van der Waals surface area contributed by atoms with Gasteiger partial charge < -0.3 is 11.1 Å². The molecule has 16 heavy (non-hydrogen) atoms. The Morgan fingerprint density at radius 1 is 0.812 bits per heavy atom. The molecule has 2 nitrogen and oxygen atoms in total. The highest BCUT2D eigenvalue weighted by Crippen LogP contribution is 2.65. The Balaban J connectivity index is 1.34. The summed E-state index contributed by atoms with van der Waals surface area (Å²) in [5.74, 6) is 4.40. The second kappa shape index (κ2) is 3.46. The lowest BCUT2D eigenvalue weighted by molar-refractivity contribution is 0.320. The van der Waals surface area contributed by atoms with Crippen molar-refractivity contribution in [2.45, 2.75) is 63.1 Å². The zero-order valence-electron chi connectivity index (χ0n) is 10.1. The van der Waals surface area contributed by atoms with Gasteiger partial charge in [-0.3, -0.25) is 0 Å². The Morgan fingerprint density at radius 3 is 2.06 bits per heavy atom. The molecule has 2 heteroatoms. The van der Waals surface area contributed by atoms with Crippen molar-refractivity contribution in [1.29, 1.82) is 0 Å². The van der Waals surface area contributed by atoms with Gasteiger partial charge in [0.25, 0.3) is 0 Å². The highest BCUT2D eigenvalue weighted by Gasteiger charge is 2.64. The third kappa shape index (κ3) is 1.39. The van der Waals surface area contributed by atoms with Gasteiger partial charge in [-0.2, -0.15) is 0 Å². The molecule has 4 aliphatic carbocycles. The molecule has 90 valence electrons. The Labute approximate surface area is 98.3 Å². The summed E-state index contributed by atoms with van der Waals surface area (Å²) in [5, 5.41) is 3.96. The van der Waals surface area contributed by atoms with Gasteiger partial charge in [0.1, 0.15) is 0 Å². The minimum Gasteiger partial charge on any atom is -0.328 e. The van der Waals surface area contributed by atoms with Crippen molar-refractivity contribution in [2.75, 3.05) is 0 Å². The predicted octanol–water partition coefficient (Wildman–Crippen LogP) is 1.89. The van der Waals surface area contributed by atoms with E-state index in [2.05, 4.69) is 5.32 Å². The molecule has 4 rings (SSSR count). The molecule has 0 amide bonds. The summed E-state index contributed by atoms with van der Waals surface area (Å²) in [6.07, 6.45) is 9.79. The average molecular weight is 220 g/mol. The summed E-state index contributed by atoms with van der Waals surface area (Å²) in [5.41, 5.74) is 5.96. The van der Waals surface area contributed by atoms with Gasteiger partial charge in [-0.05, 0) is 68.6 Å². The van der Waals surface area contributed by atoms with E-state index in [9.17, 15) is 0 Å². The van der Waals surface area contributed by atoms with Crippen molar-refractivity contribution >= 4 is 0 Å². The van der Waals surface area contributed by atoms with Gasteiger partial charge in [0, 0.05) is 18.1 Å². The number of nitrogens with one attached hydrogen (secondary N) is 1. The first-order chi connectivity index (χ1) is 7.83. The molecule has 4 aliphatic rings. The highest BCUT2D eigenvalue weighted by atomic mass is 15.0. The van der Waals surface area contributed by atoms with Crippen molar-refractivity contribution in [2.24, 2.45) is 29.4 Å². The van der Waals surface area contributed by atoms with Crippen molar-refractivity contribution in [3.8, 4) is 0 Å². The number of nitrogens with two attached hydrogens (primary N) is 1. The molecule has 3 N–H and O–H groups in total. The normalized spacial score (nSPS) is 58.7. The molecule has 4 saturated carbocycles. The minimum absolute atomic E-state index is 0.493. The van der Waals surface area contributed by atoms with E-state index in [0.29, 0.717) is 6.04 Å². The second-order valence-electron chi connectivity index (χ2n) is 6.79. The molecule has 4 fully saturated rings. The number of hydrogen-bond acceptors (Lipinski definition) is 2. The predicted molar refractivity (Wildman–Crippen MR) is 65.0 cm³/mol. The van der Waals surface area contributed by atoms with Crippen LogP contribution in [0.4, 0.5) is 0 Å². The fraction of sp³-hybridized carbons (Fsp3) is 1.00. The monoisotopic (exact) mass is 220 g/mol. The van der Waals surface area contributed by atoms with Crippen LogP contribution in [0.2, 0.25) is 0 Å². The van der Waals surface area contributed by atoms with E-state index < -0.39 is 0 Å². The van der Waals surface area contributed by atoms with Crippen molar-refractivity contribution in [3.63, 3.8) is 0 Å². The average Bonchev–Trinajstić information content (AvgIpc) is 2.72. The maximum atomic E-state index is 5.96. The molecule has 4 atom stereocenters. The summed E-state index contributed by atoms with van der Waals surface area (Å²) >= 11 is 0. The lowest BCUT2D eigenvalue weighted by atomic mass is 9.91. The quantitative estimate of drug-likeness (QED) is 0.746. The minimum atomic E-state index is 0.493. The standard InChI is InChI=1S/C14H24N2/c15-10-3-5-11(6-4-10)16-14-12-8-1-2-9(7-8)13(12)14/h8-14,16H,1-7,15H2. The highest BCUT2D eigenvalue weighted by molar-refractivity contribution is 5.17. The van der Waals surface area contributed by atoms with Crippen molar-refractivity contribution < 1.29 is 0 Å². The molecule has 4 unspecified atom stereocenters. The zero-order chi connectivity index (χ0) is 10.7. The topological polar surface area (TPSA) is 38.0 Å². The Kier molecular flexibility index (Phi) is 2.14. The van der Waals surface area contributed by atoms with Crippen LogP contribution in [0.25, 0.3) is 0 Å².